The van der Waals surface area contributed by atoms with Crippen molar-refractivity contribution in [3.05, 3.63) is 0 Å². The van der Waals surface area contributed by atoms with Gasteiger partial charge in [-0.15, -0.1) is 0 Å². The maximum absolute atomic E-state index is 9.12. The van der Waals surface area contributed by atoms with E-state index in [0.717, 1.165) is 0 Å². The predicted molar refractivity (Wildman–Crippen MR) is 48.0 cm³/mol. The van der Waals surface area contributed by atoms with Crippen molar-refractivity contribution in [2.75, 3.05) is 0 Å². The molecule has 0 amide bonds. The van der Waals surface area contributed by atoms with E-state index < -0.39 is 24.2 Å². The number of aliphatic hydroxyl groups excluding tert-OH is 2. The quantitative estimate of drug-likeness (QED) is 0.284. The molecule has 0 aromatic heterocycles. The zero-order chi connectivity index (χ0) is 12.3. The van der Waals surface area contributed by atoms with Crippen molar-refractivity contribution in [2.24, 2.45) is 0 Å². The molecule has 92 valence electrons. The van der Waals surface area contributed by atoms with E-state index in [9.17, 15) is 0 Å². The van der Waals surface area contributed by atoms with Crippen LogP contribution >= 0.6 is 0 Å². The Morgan fingerprint density at radius 1 is 0.867 bits per heavy atom. The Balaban J connectivity index is 4.56. The number of hydrogen-bond donors (Lipinski definition) is 6. The third-order valence-electron chi connectivity index (χ3n) is 1.94. The van der Waals surface area contributed by atoms with Crippen molar-refractivity contribution in [3.63, 3.8) is 0 Å². The summed E-state index contributed by atoms with van der Waals surface area (Å²) >= 11 is 0. The molecule has 6 N–H and O–H groups in total. The van der Waals surface area contributed by atoms with Gasteiger partial charge in [-0.05, 0) is 12.8 Å². The minimum absolute atomic E-state index is 0.0781. The molecule has 0 saturated heterocycles. The standard InChI is InChI=1S/C8H18O7/c1-3-5(9)7(11,12)15-8(13,14)6(10)4-2/h5-6,9-14H,3-4H2,1-2H3. The molecule has 0 fully saturated rings. The van der Waals surface area contributed by atoms with E-state index in [1.807, 2.05) is 0 Å². The van der Waals surface area contributed by atoms with Gasteiger partial charge in [0.1, 0.15) is 12.2 Å². The lowest BCUT2D eigenvalue weighted by atomic mass is 10.2. The predicted octanol–water partition coefficient (Wildman–Crippen LogP) is -2.18. The Labute approximate surface area is 87.2 Å². The molecule has 15 heavy (non-hydrogen) atoms. The average molecular weight is 226 g/mol. The first-order chi connectivity index (χ1) is 6.67. The fraction of sp³-hybridized carbons (Fsp3) is 1.00. The highest BCUT2D eigenvalue weighted by Gasteiger charge is 2.45. The van der Waals surface area contributed by atoms with Crippen LogP contribution in [0.15, 0.2) is 0 Å². The normalized spacial score (nSPS) is 17.6. The van der Waals surface area contributed by atoms with Gasteiger partial charge in [-0.25, -0.2) is 0 Å². The van der Waals surface area contributed by atoms with E-state index >= 15 is 0 Å². The molecule has 7 nitrogen and oxygen atoms in total. The molecule has 0 bridgehead atoms. The van der Waals surface area contributed by atoms with Crippen LogP contribution in [0.2, 0.25) is 0 Å². The summed E-state index contributed by atoms with van der Waals surface area (Å²) < 4.78 is 4.05. The molecule has 2 atom stereocenters. The van der Waals surface area contributed by atoms with Gasteiger partial charge in [0, 0.05) is 0 Å². The fourth-order valence-electron chi connectivity index (χ4n) is 0.889. The second-order valence-corrected chi connectivity index (χ2v) is 3.27. The minimum Gasteiger partial charge on any atom is -0.385 e. The van der Waals surface area contributed by atoms with Gasteiger partial charge in [0.25, 0.3) is 0 Å². The van der Waals surface area contributed by atoms with Gasteiger partial charge in [-0.1, -0.05) is 13.8 Å². The Kier molecular flexibility index (Phi) is 5.07. The van der Waals surface area contributed by atoms with Gasteiger partial charge in [0.15, 0.2) is 0 Å². The van der Waals surface area contributed by atoms with Crippen molar-refractivity contribution in [1.29, 1.82) is 0 Å². The average Bonchev–Trinajstić information content (AvgIpc) is 2.13. The third-order valence-corrected chi connectivity index (χ3v) is 1.94. The summed E-state index contributed by atoms with van der Waals surface area (Å²) in [5, 5.41) is 54.6. The van der Waals surface area contributed by atoms with Gasteiger partial charge < -0.3 is 30.6 Å². The zero-order valence-electron chi connectivity index (χ0n) is 8.66. The summed E-state index contributed by atoms with van der Waals surface area (Å²) in [7, 11) is 0. The first kappa shape index (κ1) is 14.7. The van der Waals surface area contributed by atoms with Gasteiger partial charge in [0.05, 0.1) is 0 Å². The fourth-order valence-corrected chi connectivity index (χ4v) is 0.889. The van der Waals surface area contributed by atoms with Crippen LogP contribution in [-0.2, 0) is 4.74 Å². The highest BCUT2D eigenvalue weighted by atomic mass is 16.9. The Bertz CT molecular complexity index is 171. The summed E-state index contributed by atoms with van der Waals surface area (Å²) in [6.07, 6.45) is -3.60. The number of hydrogen-bond acceptors (Lipinski definition) is 7. The van der Waals surface area contributed by atoms with E-state index in [0.29, 0.717) is 0 Å². The molecular formula is C8H18O7. The van der Waals surface area contributed by atoms with Crippen LogP contribution in [0.25, 0.3) is 0 Å². The van der Waals surface area contributed by atoms with E-state index in [4.69, 9.17) is 30.6 Å². The number of aliphatic hydroxyl groups is 6. The molecule has 7 heteroatoms. The minimum atomic E-state index is -3.13. The molecule has 0 aliphatic carbocycles. The van der Waals surface area contributed by atoms with Crippen molar-refractivity contribution in [2.45, 2.75) is 50.8 Å². The highest BCUT2D eigenvalue weighted by Crippen LogP contribution is 2.21. The highest BCUT2D eigenvalue weighted by molar-refractivity contribution is 4.70. The van der Waals surface area contributed by atoms with E-state index in [2.05, 4.69) is 4.74 Å². The Morgan fingerprint density at radius 3 is 1.33 bits per heavy atom. The second kappa shape index (κ2) is 5.17. The first-order valence-electron chi connectivity index (χ1n) is 4.63. The maximum Gasteiger partial charge on any atom is 0.309 e. The van der Waals surface area contributed by atoms with Crippen LogP contribution < -0.4 is 0 Å². The van der Waals surface area contributed by atoms with Crippen molar-refractivity contribution in [3.8, 4) is 0 Å². The zero-order valence-corrected chi connectivity index (χ0v) is 8.66. The molecular weight excluding hydrogens is 208 g/mol. The first-order valence-corrected chi connectivity index (χ1v) is 4.63. The SMILES string of the molecule is CCC(O)C(O)(O)OC(O)(O)C(O)CC. The Morgan fingerprint density at radius 2 is 1.13 bits per heavy atom. The molecule has 0 heterocycles. The van der Waals surface area contributed by atoms with Gasteiger partial charge >= 0.3 is 11.9 Å². The molecule has 0 rings (SSSR count). The number of ether oxygens (including phenoxy) is 1. The van der Waals surface area contributed by atoms with Crippen molar-refractivity contribution >= 4 is 0 Å². The Hall–Kier alpha value is -0.280. The van der Waals surface area contributed by atoms with Crippen LogP contribution in [-0.4, -0.2) is 54.8 Å². The lowest BCUT2D eigenvalue weighted by Gasteiger charge is -2.34. The van der Waals surface area contributed by atoms with Gasteiger partial charge in [-0.3, -0.25) is 4.74 Å². The number of rotatable bonds is 6. The smallest absolute Gasteiger partial charge is 0.309 e. The molecule has 0 spiro atoms. The molecule has 0 aliphatic heterocycles. The van der Waals surface area contributed by atoms with Crippen LogP contribution in [0.5, 0.6) is 0 Å². The topological polar surface area (TPSA) is 131 Å². The summed E-state index contributed by atoms with van der Waals surface area (Å²) in [4.78, 5) is 0. The van der Waals surface area contributed by atoms with Crippen molar-refractivity contribution < 1.29 is 35.4 Å². The van der Waals surface area contributed by atoms with Crippen LogP contribution in [0.1, 0.15) is 26.7 Å². The molecule has 0 aromatic carbocycles. The molecule has 0 radical (unpaired) electrons. The van der Waals surface area contributed by atoms with Crippen LogP contribution in [0, 0.1) is 0 Å². The lowest BCUT2D eigenvalue weighted by molar-refractivity contribution is -0.503. The van der Waals surface area contributed by atoms with Crippen LogP contribution in [0.4, 0.5) is 0 Å². The largest absolute Gasteiger partial charge is 0.385 e. The summed E-state index contributed by atoms with van der Waals surface area (Å²) in [5.74, 6) is -6.26. The summed E-state index contributed by atoms with van der Waals surface area (Å²) in [6, 6.07) is 0. The van der Waals surface area contributed by atoms with E-state index in [1.165, 1.54) is 13.8 Å². The summed E-state index contributed by atoms with van der Waals surface area (Å²) in [6.45, 7) is 2.86. The molecule has 0 saturated carbocycles. The van der Waals surface area contributed by atoms with Gasteiger partial charge in [-0.2, -0.15) is 0 Å². The van der Waals surface area contributed by atoms with Crippen LogP contribution in [0.3, 0.4) is 0 Å². The third kappa shape index (κ3) is 3.99. The molecule has 0 aliphatic rings. The molecule has 0 aromatic rings. The van der Waals surface area contributed by atoms with Crippen molar-refractivity contribution in [1.82, 2.24) is 0 Å². The molecule has 2 unspecified atom stereocenters. The monoisotopic (exact) mass is 226 g/mol. The lowest BCUT2D eigenvalue weighted by Crippen LogP contribution is -2.56. The second-order valence-electron chi connectivity index (χ2n) is 3.27. The van der Waals surface area contributed by atoms with E-state index in [-0.39, 0.29) is 12.8 Å². The maximum atomic E-state index is 9.12. The van der Waals surface area contributed by atoms with E-state index in [1.54, 1.807) is 0 Å². The van der Waals surface area contributed by atoms with Gasteiger partial charge in [0.2, 0.25) is 0 Å². The summed E-state index contributed by atoms with van der Waals surface area (Å²) in [5.41, 5.74) is 0.